The number of terminal acetylenes is 1. The van der Waals surface area contributed by atoms with Gasteiger partial charge in [-0.3, -0.25) is 13.8 Å². The van der Waals surface area contributed by atoms with Crippen LogP contribution in [0.4, 0.5) is 0 Å². The fraction of sp³-hybridized carbons (Fsp3) is 0.188. The molecule has 0 saturated heterocycles. The van der Waals surface area contributed by atoms with E-state index in [0.717, 1.165) is 11.3 Å². The van der Waals surface area contributed by atoms with Crippen LogP contribution in [0.3, 0.4) is 0 Å². The number of fused-ring (bicyclic) bond motifs is 1. The van der Waals surface area contributed by atoms with E-state index in [1.165, 1.54) is 17.3 Å². The number of aryl methyl sites for hydroxylation is 2. The molecule has 0 radical (unpaired) electrons. The molecule has 3 aromatic rings. The van der Waals surface area contributed by atoms with Gasteiger partial charge < -0.3 is 0 Å². The van der Waals surface area contributed by atoms with Crippen molar-refractivity contribution in [3.8, 4) is 18.0 Å². The van der Waals surface area contributed by atoms with E-state index in [0.29, 0.717) is 16.6 Å². The molecule has 0 aliphatic rings. The van der Waals surface area contributed by atoms with Gasteiger partial charge >= 0.3 is 5.56 Å². The zero-order chi connectivity index (χ0) is 15.7. The molecule has 0 fully saturated rings. The van der Waals surface area contributed by atoms with Crippen LogP contribution in [0, 0.1) is 26.2 Å². The molecule has 0 atom stereocenters. The summed E-state index contributed by atoms with van der Waals surface area (Å²) in [6.45, 7) is 4.06. The Labute approximate surface area is 132 Å². The summed E-state index contributed by atoms with van der Waals surface area (Å²) in [7, 11) is 0. The Hall–Kier alpha value is -2.52. The molecule has 0 N–H and O–H groups in total. The van der Waals surface area contributed by atoms with Gasteiger partial charge in [-0.1, -0.05) is 23.7 Å². The van der Waals surface area contributed by atoms with Crippen LogP contribution in [0.25, 0.3) is 11.3 Å². The molecule has 5 nitrogen and oxygen atoms in total. The third kappa shape index (κ3) is 2.40. The molecule has 0 unspecified atom stereocenters. The third-order valence-corrected chi connectivity index (χ3v) is 4.34. The number of rotatable bonds is 3. The molecule has 6 heteroatoms. The van der Waals surface area contributed by atoms with Crippen molar-refractivity contribution < 1.29 is 0 Å². The number of nitrogens with zero attached hydrogens (tertiary/aromatic N) is 4. The lowest BCUT2D eigenvalue weighted by atomic mass is 10.1. The predicted molar refractivity (Wildman–Crippen MR) is 87.6 cm³/mol. The molecule has 110 valence electrons. The van der Waals surface area contributed by atoms with E-state index < -0.39 is 0 Å². The summed E-state index contributed by atoms with van der Waals surface area (Å²) in [5.74, 6) is 3.02. The van der Waals surface area contributed by atoms with E-state index in [-0.39, 0.29) is 5.56 Å². The van der Waals surface area contributed by atoms with Crippen molar-refractivity contribution >= 4 is 17.4 Å². The molecule has 2 heterocycles. The van der Waals surface area contributed by atoms with Gasteiger partial charge in [0.25, 0.3) is 0 Å². The zero-order valence-electron chi connectivity index (χ0n) is 12.3. The Bertz CT molecular complexity index is 949. The third-order valence-electron chi connectivity index (χ3n) is 3.49. The van der Waals surface area contributed by atoms with Gasteiger partial charge in [0.1, 0.15) is 0 Å². The quantitative estimate of drug-likeness (QED) is 0.550. The molecule has 0 spiro atoms. The minimum Gasteiger partial charge on any atom is -0.280 e. The van der Waals surface area contributed by atoms with Crippen molar-refractivity contribution in [3.05, 3.63) is 52.1 Å². The Morgan fingerprint density at radius 2 is 2.05 bits per heavy atom. The highest BCUT2D eigenvalue weighted by atomic mass is 32.2. The van der Waals surface area contributed by atoms with Gasteiger partial charge in [0.2, 0.25) is 5.65 Å². The topological polar surface area (TPSA) is 52.2 Å². The smallest absolute Gasteiger partial charge is 0.280 e. The summed E-state index contributed by atoms with van der Waals surface area (Å²) < 4.78 is 3.24. The number of hydrogen-bond donors (Lipinski definition) is 0. The van der Waals surface area contributed by atoms with Crippen LogP contribution in [0.1, 0.15) is 11.1 Å². The van der Waals surface area contributed by atoms with Gasteiger partial charge in [0, 0.05) is 18.1 Å². The second-order valence-electron chi connectivity index (χ2n) is 4.91. The van der Waals surface area contributed by atoms with Crippen molar-refractivity contribution in [1.29, 1.82) is 0 Å². The first-order chi connectivity index (χ1) is 10.6. The highest BCUT2D eigenvalue weighted by Gasteiger charge is 2.11. The van der Waals surface area contributed by atoms with E-state index in [9.17, 15) is 4.79 Å². The summed E-state index contributed by atoms with van der Waals surface area (Å²) in [6.07, 6.45) is 8.76. The fourth-order valence-corrected chi connectivity index (χ4v) is 2.75. The molecule has 0 aliphatic carbocycles. The molecule has 0 aliphatic heterocycles. The Morgan fingerprint density at radius 3 is 2.77 bits per heavy atom. The Balaban J connectivity index is 2.13. The van der Waals surface area contributed by atoms with E-state index >= 15 is 0 Å². The summed E-state index contributed by atoms with van der Waals surface area (Å²) in [5.41, 5.74) is 3.23. The van der Waals surface area contributed by atoms with E-state index in [1.807, 2.05) is 32.0 Å². The van der Waals surface area contributed by atoms with Gasteiger partial charge in [-0.2, -0.15) is 0 Å². The summed E-state index contributed by atoms with van der Waals surface area (Å²) in [6, 6.07) is 5.90. The van der Waals surface area contributed by atoms with Crippen molar-refractivity contribution in [2.45, 2.75) is 19.0 Å². The SMILES string of the molecule is C#CCSc1nnc2c(=O)n(-c3ccc(C)c(C)c3)ccn12. The maximum atomic E-state index is 12.6. The molecular formula is C16H14N4OS. The molecule has 1 aromatic carbocycles. The number of aromatic nitrogens is 4. The van der Waals surface area contributed by atoms with Gasteiger partial charge in [-0.05, 0) is 37.1 Å². The van der Waals surface area contributed by atoms with Crippen LogP contribution < -0.4 is 5.56 Å². The molecule has 2 aromatic heterocycles. The second-order valence-corrected chi connectivity index (χ2v) is 5.85. The first-order valence-electron chi connectivity index (χ1n) is 6.72. The first kappa shape index (κ1) is 14.4. The maximum Gasteiger partial charge on any atom is 0.300 e. The van der Waals surface area contributed by atoms with Crippen LogP contribution >= 0.6 is 11.8 Å². The van der Waals surface area contributed by atoms with Crippen LogP contribution in [-0.2, 0) is 0 Å². The Morgan fingerprint density at radius 1 is 1.23 bits per heavy atom. The van der Waals surface area contributed by atoms with Gasteiger partial charge in [0.15, 0.2) is 5.16 Å². The molecule has 3 rings (SSSR count). The summed E-state index contributed by atoms with van der Waals surface area (Å²) in [4.78, 5) is 12.6. The predicted octanol–water partition coefficient (Wildman–Crippen LogP) is 2.22. The van der Waals surface area contributed by atoms with Gasteiger partial charge in [0.05, 0.1) is 5.75 Å². The standard InChI is InChI=1S/C16H14N4OS/c1-4-9-22-16-18-17-14-15(21)19(7-8-20(14)16)13-6-5-11(2)12(3)10-13/h1,5-8,10H,9H2,2-3H3. The van der Waals surface area contributed by atoms with Crippen molar-refractivity contribution in [2.24, 2.45) is 0 Å². The minimum absolute atomic E-state index is 0.203. The Kier molecular flexibility index (Phi) is 3.73. The normalized spacial score (nSPS) is 10.8. The lowest BCUT2D eigenvalue weighted by Gasteiger charge is -2.08. The average molecular weight is 310 g/mol. The largest absolute Gasteiger partial charge is 0.300 e. The second kappa shape index (κ2) is 5.70. The first-order valence-corrected chi connectivity index (χ1v) is 7.70. The van der Waals surface area contributed by atoms with E-state index in [4.69, 9.17) is 6.42 Å². The lowest BCUT2D eigenvalue weighted by Crippen LogP contribution is -2.20. The van der Waals surface area contributed by atoms with Gasteiger partial charge in [-0.15, -0.1) is 16.6 Å². The van der Waals surface area contributed by atoms with Crippen LogP contribution in [0.2, 0.25) is 0 Å². The molecule has 0 bridgehead atoms. The molecule has 0 amide bonds. The monoisotopic (exact) mass is 310 g/mol. The minimum atomic E-state index is -0.203. The molecule has 0 saturated carbocycles. The van der Waals surface area contributed by atoms with Crippen LogP contribution in [0.15, 0.2) is 40.5 Å². The number of hydrogen-bond acceptors (Lipinski definition) is 4. The van der Waals surface area contributed by atoms with E-state index in [1.54, 1.807) is 21.4 Å². The highest BCUT2D eigenvalue weighted by molar-refractivity contribution is 7.99. The molecule has 22 heavy (non-hydrogen) atoms. The summed E-state index contributed by atoms with van der Waals surface area (Å²) in [5, 5.41) is 8.64. The zero-order valence-corrected chi connectivity index (χ0v) is 13.1. The summed E-state index contributed by atoms with van der Waals surface area (Å²) >= 11 is 1.38. The highest BCUT2D eigenvalue weighted by Crippen LogP contribution is 2.16. The average Bonchev–Trinajstić information content (AvgIpc) is 2.92. The maximum absolute atomic E-state index is 12.6. The molecular weight excluding hydrogens is 296 g/mol. The van der Waals surface area contributed by atoms with Crippen LogP contribution in [0.5, 0.6) is 0 Å². The van der Waals surface area contributed by atoms with Crippen molar-refractivity contribution in [3.63, 3.8) is 0 Å². The van der Waals surface area contributed by atoms with Crippen molar-refractivity contribution in [1.82, 2.24) is 19.2 Å². The van der Waals surface area contributed by atoms with Crippen LogP contribution in [-0.4, -0.2) is 24.9 Å². The number of thioether (sulfide) groups is 1. The lowest BCUT2D eigenvalue weighted by molar-refractivity contribution is 0.894. The van der Waals surface area contributed by atoms with E-state index in [2.05, 4.69) is 16.1 Å². The van der Waals surface area contributed by atoms with Crippen molar-refractivity contribution in [2.75, 3.05) is 5.75 Å². The number of benzene rings is 1. The van der Waals surface area contributed by atoms with Gasteiger partial charge in [-0.25, -0.2) is 0 Å². The fourth-order valence-electron chi connectivity index (χ4n) is 2.15.